The third kappa shape index (κ3) is 2.04. The topological polar surface area (TPSA) is 18.5 Å². The maximum absolute atomic E-state index is 6.05. The molecule has 1 aromatic carbocycles. The van der Waals surface area contributed by atoms with Gasteiger partial charge in [0.15, 0.2) is 0 Å². The predicted molar refractivity (Wildman–Crippen MR) is 69.0 cm³/mol. The summed E-state index contributed by atoms with van der Waals surface area (Å²) in [4.78, 5) is 0. The van der Waals surface area contributed by atoms with E-state index in [1.165, 1.54) is 0 Å². The van der Waals surface area contributed by atoms with Gasteiger partial charge in [-0.3, -0.25) is 0 Å². The first-order valence-electron chi connectivity index (χ1n) is 5.24. The van der Waals surface area contributed by atoms with Crippen LogP contribution in [0.1, 0.15) is 12.0 Å². The van der Waals surface area contributed by atoms with Gasteiger partial charge in [0.05, 0.1) is 20.3 Å². The molecule has 0 atom stereocenters. The second kappa shape index (κ2) is 4.86. The van der Waals surface area contributed by atoms with Crippen molar-refractivity contribution >= 4 is 24.2 Å². The standard InChI is InChI=1S/C12H15ClO2S/c1-14-11-3-2-9(13)6-10(11)12(4-5-16)7-15-8-12/h2-3,6,16H,4-5,7-8H2,1H3. The van der Waals surface area contributed by atoms with Crippen molar-refractivity contribution in [1.82, 2.24) is 0 Å². The van der Waals surface area contributed by atoms with Crippen molar-refractivity contribution in [3.63, 3.8) is 0 Å². The molecule has 88 valence electrons. The fourth-order valence-corrected chi connectivity index (χ4v) is 2.69. The summed E-state index contributed by atoms with van der Waals surface area (Å²) in [5.41, 5.74) is 1.18. The van der Waals surface area contributed by atoms with Gasteiger partial charge >= 0.3 is 0 Å². The van der Waals surface area contributed by atoms with Crippen LogP contribution in [-0.4, -0.2) is 26.1 Å². The Kier molecular flexibility index (Phi) is 3.67. The summed E-state index contributed by atoms with van der Waals surface area (Å²) in [5, 5.41) is 0.737. The van der Waals surface area contributed by atoms with Crippen LogP contribution in [0.4, 0.5) is 0 Å². The van der Waals surface area contributed by atoms with E-state index in [1.54, 1.807) is 7.11 Å². The lowest BCUT2D eigenvalue weighted by atomic mass is 9.76. The molecule has 2 nitrogen and oxygen atoms in total. The van der Waals surface area contributed by atoms with Crippen LogP contribution >= 0.6 is 24.2 Å². The van der Waals surface area contributed by atoms with Crippen LogP contribution in [0.25, 0.3) is 0 Å². The van der Waals surface area contributed by atoms with Crippen molar-refractivity contribution in [1.29, 1.82) is 0 Å². The Morgan fingerprint density at radius 2 is 2.25 bits per heavy atom. The van der Waals surface area contributed by atoms with Gasteiger partial charge in [-0.1, -0.05) is 11.6 Å². The van der Waals surface area contributed by atoms with E-state index in [1.807, 2.05) is 18.2 Å². The lowest BCUT2D eigenvalue weighted by molar-refractivity contribution is -0.0622. The van der Waals surface area contributed by atoms with E-state index < -0.39 is 0 Å². The van der Waals surface area contributed by atoms with E-state index in [2.05, 4.69) is 12.6 Å². The van der Waals surface area contributed by atoms with Gasteiger partial charge in [0.25, 0.3) is 0 Å². The third-order valence-corrected chi connectivity index (χ3v) is 3.54. The molecule has 1 aliphatic heterocycles. The average Bonchev–Trinajstić information content (AvgIpc) is 2.23. The summed E-state index contributed by atoms with van der Waals surface area (Å²) in [6, 6.07) is 5.74. The third-order valence-electron chi connectivity index (χ3n) is 3.08. The summed E-state index contributed by atoms with van der Waals surface area (Å²) >= 11 is 10.4. The Balaban J connectivity index is 2.40. The van der Waals surface area contributed by atoms with Crippen LogP contribution in [0.5, 0.6) is 5.75 Å². The van der Waals surface area contributed by atoms with Crippen molar-refractivity contribution in [3.8, 4) is 5.75 Å². The zero-order valence-electron chi connectivity index (χ0n) is 9.20. The molecule has 16 heavy (non-hydrogen) atoms. The van der Waals surface area contributed by atoms with Crippen LogP contribution in [-0.2, 0) is 10.2 Å². The summed E-state index contributed by atoms with van der Waals surface area (Å²) in [6.45, 7) is 1.45. The molecule has 0 bridgehead atoms. The average molecular weight is 259 g/mol. The van der Waals surface area contributed by atoms with Crippen molar-refractivity contribution in [2.24, 2.45) is 0 Å². The van der Waals surface area contributed by atoms with Crippen LogP contribution in [0.2, 0.25) is 5.02 Å². The largest absolute Gasteiger partial charge is 0.496 e. The Labute approximate surface area is 106 Å². The molecule has 0 aromatic heterocycles. The van der Waals surface area contributed by atoms with Crippen LogP contribution in [0.3, 0.4) is 0 Å². The molecule has 4 heteroatoms. The number of rotatable bonds is 4. The Hall–Kier alpha value is -0.380. The first-order chi connectivity index (χ1) is 7.72. The van der Waals surface area contributed by atoms with Crippen LogP contribution in [0.15, 0.2) is 18.2 Å². The lowest BCUT2D eigenvalue weighted by Crippen LogP contribution is -2.47. The van der Waals surface area contributed by atoms with Gasteiger partial charge in [-0.15, -0.1) is 0 Å². The first-order valence-corrected chi connectivity index (χ1v) is 6.25. The molecule has 0 spiro atoms. The van der Waals surface area contributed by atoms with Gasteiger partial charge in [-0.2, -0.15) is 12.6 Å². The zero-order valence-corrected chi connectivity index (χ0v) is 10.9. The summed E-state index contributed by atoms with van der Waals surface area (Å²) in [6.07, 6.45) is 0.979. The molecule has 0 radical (unpaired) electrons. The quantitative estimate of drug-likeness (QED) is 0.838. The molecule has 0 unspecified atom stereocenters. The van der Waals surface area contributed by atoms with Gasteiger partial charge in [-0.25, -0.2) is 0 Å². The highest BCUT2D eigenvalue weighted by Crippen LogP contribution is 2.41. The van der Waals surface area contributed by atoms with E-state index >= 15 is 0 Å². The van der Waals surface area contributed by atoms with Gasteiger partial charge in [0, 0.05) is 16.0 Å². The monoisotopic (exact) mass is 258 g/mol. The number of benzene rings is 1. The Morgan fingerprint density at radius 1 is 1.50 bits per heavy atom. The Morgan fingerprint density at radius 3 is 2.75 bits per heavy atom. The number of hydrogen-bond acceptors (Lipinski definition) is 3. The maximum Gasteiger partial charge on any atom is 0.122 e. The van der Waals surface area contributed by atoms with Crippen LogP contribution in [0, 0.1) is 0 Å². The number of ether oxygens (including phenoxy) is 2. The second-order valence-corrected chi connectivity index (χ2v) is 4.97. The van der Waals surface area contributed by atoms with Crippen molar-refractivity contribution in [3.05, 3.63) is 28.8 Å². The minimum Gasteiger partial charge on any atom is -0.496 e. The zero-order chi connectivity index (χ0) is 11.6. The Bertz CT molecular complexity index is 377. The van der Waals surface area contributed by atoms with Gasteiger partial charge in [0.2, 0.25) is 0 Å². The molecule has 1 aliphatic rings. The SMILES string of the molecule is COc1ccc(Cl)cc1C1(CCS)COC1. The van der Waals surface area contributed by atoms with Gasteiger partial charge < -0.3 is 9.47 Å². The molecular weight excluding hydrogens is 244 g/mol. The van der Waals surface area contributed by atoms with Crippen molar-refractivity contribution in [2.45, 2.75) is 11.8 Å². The summed E-state index contributed by atoms with van der Waals surface area (Å²) in [7, 11) is 1.68. The molecule has 0 N–H and O–H groups in total. The summed E-state index contributed by atoms with van der Waals surface area (Å²) in [5.74, 6) is 1.72. The molecular formula is C12H15ClO2S. The smallest absolute Gasteiger partial charge is 0.122 e. The second-order valence-electron chi connectivity index (χ2n) is 4.09. The molecule has 0 amide bonds. The van der Waals surface area contributed by atoms with E-state index in [0.29, 0.717) is 0 Å². The van der Waals surface area contributed by atoms with E-state index in [9.17, 15) is 0 Å². The molecule has 1 fully saturated rings. The molecule has 1 aromatic rings. The fourth-order valence-electron chi connectivity index (χ4n) is 2.09. The number of methoxy groups -OCH3 is 1. The van der Waals surface area contributed by atoms with Gasteiger partial charge in [-0.05, 0) is 30.4 Å². The molecule has 1 saturated heterocycles. The van der Waals surface area contributed by atoms with Gasteiger partial charge in [0.1, 0.15) is 5.75 Å². The number of halogens is 1. The molecule has 1 heterocycles. The first kappa shape index (κ1) is 12.1. The lowest BCUT2D eigenvalue weighted by Gasteiger charge is -2.42. The van der Waals surface area contributed by atoms with Crippen LogP contribution < -0.4 is 4.74 Å². The highest BCUT2D eigenvalue weighted by molar-refractivity contribution is 7.80. The predicted octanol–water partition coefficient (Wildman–Crippen LogP) is 2.94. The highest BCUT2D eigenvalue weighted by Gasteiger charge is 2.41. The molecule has 2 rings (SSSR count). The number of thiol groups is 1. The van der Waals surface area contributed by atoms with Crippen molar-refractivity contribution in [2.75, 3.05) is 26.1 Å². The van der Waals surface area contributed by atoms with E-state index in [-0.39, 0.29) is 5.41 Å². The van der Waals surface area contributed by atoms with Crippen molar-refractivity contribution < 1.29 is 9.47 Å². The number of hydrogen-bond donors (Lipinski definition) is 1. The molecule has 0 aliphatic carbocycles. The minimum atomic E-state index is 0.0397. The fraction of sp³-hybridized carbons (Fsp3) is 0.500. The van der Waals surface area contributed by atoms with E-state index in [4.69, 9.17) is 21.1 Å². The maximum atomic E-state index is 6.05. The minimum absolute atomic E-state index is 0.0397. The molecule has 0 saturated carbocycles. The highest BCUT2D eigenvalue weighted by atomic mass is 35.5. The summed E-state index contributed by atoms with van der Waals surface area (Å²) < 4.78 is 10.7. The normalized spacial score (nSPS) is 17.9. The van der Waals surface area contributed by atoms with E-state index in [0.717, 1.165) is 41.7 Å².